The molecular formula is C15H28N4O7S. The second-order valence-corrected chi connectivity index (χ2v) is 6.35. The molecule has 5 unspecified atom stereocenters. The van der Waals surface area contributed by atoms with E-state index in [1.807, 2.05) is 6.92 Å². The normalized spacial score (nSPS) is 16.4. The summed E-state index contributed by atoms with van der Waals surface area (Å²) in [7, 11) is 0. The van der Waals surface area contributed by atoms with Gasteiger partial charge in [-0.1, -0.05) is 20.3 Å². The zero-order valence-electron chi connectivity index (χ0n) is 15.2. The van der Waals surface area contributed by atoms with Crippen molar-refractivity contribution in [2.75, 3.05) is 19.0 Å². The summed E-state index contributed by atoms with van der Waals surface area (Å²) in [5, 5.41) is 34.0. The first-order valence-electron chi connectivity index (χ1n) is 8.34. The molecule has 5 atom stereocenters. The molecule has 0 heterocycles. The number of aliphatic hydroxyl groups excluding tert-OH is 2. The van der Waals surface area contributed by atoms with Crippen molar-refractivity contribution in [3.05, 3.63) is 0 Å². The van der Waals surface area contributed by atoms with E-state index < -0.39 is 61.1 Å². The Labute approximate surface area is 162 Å². The van der Waals surface area contributed by atoms with Crippen molar-refractivity contribution in [3.8, 4) is 0 Å². The van der Waals surface area contributed by atoms with Crippen molar-refractivity contribution in [3.63, 3.8) is 0 Å². The molecule has 0 rings (SSSR count). The van der Waals surface area contributed by atoms with Crippen LogP contribution in [0, 0.1) is 5.92 Å². The number of nitrogens with one attached hydrogen (secondary N) is 3. The number of aliphatic carboxylic acids is 1. The predicted octanol–water partition coefficient (Wildman–Crippen LogP) is -3.19. The van der Waals surface area contributed by atoms with Crippen molar-refractivity contribution < 1.29 is 34.5 Å². The number of thiol groups is 1. The van der Waals surface area contributed by atoms with Gasteiger partial charge >= 0.3 is 5.97 Å². The van der Waals surface area contributed by atoms with E-state index >= 15 is 0 Å². The van der Waals surface area contributed by atoms with Gasteiger partial charge in [-0.05, 0) is 5.92 Å². The van der Waals surface area contributed by atoms with E-state index in [1.54, 1.807) is 6.92 Å². The molecule has 3 amide bonds. The van der Waals surface area contributed by atoms with Gasteiger partial charge < -0.3 is 37.0 Å². The van der Waals surface area contributed by atoms with Gasteiger partial charge in [0.05, 0.1) is 19.3 Å². The van der Waals surface area contributed by atoms with E-state index in [0.717, 1.165) is 0 Å². The smallest absolute Gasteiger partial charge is 0.327 e. The Hall–Kier alpha value is -1.89. The summed E-state index contributed by atoms with van der Waals surface area (Å²) >= 11 is 3.79. The molecular weight excluding hydrogens is 380 g/mol. The lowest BCUT2D eigenvalue weighted by Crippen LogP contribution is -2.59. The maximum Gasteiger partial charge on any atom is 0.327 e. The largest absolute Gasteiger partial charge is 0.480 e. The Bertz CT molecular complexity index is 534. The van der Waals surface area contributed by atoms with Gasteiger partial charge in [-0.25, -0.2) is 4.79 Å². The minimum absolute atomic E-state index is 0.155. The average Bonchev–Trinajstić information content (AvgIpc) is 2.65. The molecule has 156 valence electrons. The third kappa shape index (κ3) is 8.12. The summed E-state index contributed by atoms with van der Waals surface area (Å²) in [6, 6.07) is -5.07. The highest BCUT2D eigenvalue weighted by Crippen LogP contribution is 2.05. The monoisotopic (exact) mass is 408 g/mol. The number of aliphatic hydroxyl groups is 2. The topological polar surface area (TPSA) is 191 Å². The van der Waals surface area contributed by atoms with E-state index in [-0.39, 0.29) is 11.7 Å². The third-order valence-electron chi connectivity index (χ3n) is 3.99. The van der Waals surface area contributed by atoms with Crippen molar-refractivity contribution in [1.82, 2.24) is 16.0 Å². The van der Waals surface area contributed by atoms with Crippen molar-refractivity contribution in [1.29, 1.82) is 0 Å². The van der Waals surface area contributed by atoms with Gasteiger partial charge in [0.2, 0.25) is 17.7 Å². The summed E-state index contributed by atoms with van der Waals surface area (Å²) in [6.45, 7) is 2.01. The molecule has 0 bridgehead atoms. The Morgan fingerprint density at radius 1 is 0.926 bits per heavy atom. The standard InChI is InChI=1S/C15H28N4O7S/c1-3-7(2)11(16)14(24)18-9(5-21)12(22)17-8(4-20)13(23)19-10(6-27)15(25)26/h7-11,20-21,27H,3-6,16H2,1-2H3,(H,17,22)(H,18,24)(H,19,23)(H,25,26). The van der Waals surface area contributed by atoms with E-state index in [1.165, 1.54) is 0 Å². The summed E-state index contributed by atoms with van der Waals surface area (Å²) in [6.07, 6.45) is 0.632. The van der Waals surface area contributed by atoms with Crippen molar-refractivity contribution in [2.24, 2.45) is 11.7 Å². The fourth-order valence-corrected chi connectivity index (χ4v) is 2.15. The minimum Gasteiger partial charge on any atom is -0.480 e. The molecule has 27 heavy (non-hydrogen) atoms. The van der Waals surface area contributed by atoms with Gasteiger partial charge in [-0.2, -0.15) is 12.6 Å². The van der Waals surface area contributed by atoms with Crippen LogP contribution in [0.1, 0.15) is 20.3 Å². The number of rotatable bonds is 12. The van der Waals surface area contributed by atoms with E-state index in [9.17, 15) is 29.4 Å². The van der Waals surface area contributed by atoms with Crippen LogP contribution in [-0.2, 0) is 19.2 Å². The number of carbonyl (C=O) groups is 4. The van der Waals surface area contributed by atoms with Crippen LogP contribution in [0.15, 0.2) is 0 Å². The molecule has 12 heteroatoms. The second-order valence-electron chi connectivity index (χ2n) is 5.98. The first-order chi connectivity index (χ1) is 12.6. The third-order valence-corrected chi connectivity index (χ3v) is 4.35. The van der Waals surface area contributed by atoms with Crippen LogP contribution in [0.5, 0.6) is 0 Å². The summed E-state index contributed by atoms with van der Waals surface area (Å²) in [4.78, 5) is 47.1. The fraction of sp³-hybridized carbons (Fsp3) is 0.733. The zero-order chi connectivity index (χ0) is 21.1. The fourth-order valence-electron chi connectivity index (χ4n) is 1.90. The number of carbonyl (C=O) groups excluding carboxylic acids is 3. The molecule has 0 spiro atoms. The maximum absolute atomic E-state index is 12.2. The van der Waals surface area contributed by atoms with Gasteiger partial charge in [-0.15, -0.1) is 0 Å². The number of nitrogens with two attached hydrogens (primary N) is 1. The Kier molecular flexibility index (Phi) is 11.6. The minimum atomic E-state index is -1.48. The molecule has 0 aliphatic heterocycles. The lowest BCUT2D eigenvalue weighted by Gasteiger charge is -2.24. The summed E-state index contributed by atoms with van der Waals surface area (Å²) in [5.74, 6) is -4.22. The van der Waals surface area contributed by atoms with Crippen LogP contribution >= 0.6 is 12.6 Å². The molecule has 11 nitrogen and oxygen atoms in total. The summed E-state index contributed by atoms with van der Waals surface area (Å²) < 4.78 is 0. The molecule has 8 N–H and O–H groups in total. The molecule has 0 saturated carbocycles. The molecule has 0 aliphatic carbocycles. The highest BCUT2D eigenvalue weighted by Gasteiger charge is 2.30. The second kappa shape index (κ2) is 12.5. The molecule has 0 saturated heterocycles. The highest BCUT2D eigenvalue weighted by atomic mass is 32.1. The van der Waals surface area contributed by atoms with Gasteiger partial charge in [-0.3, -0.25) is 14.4 Å². The highest BCUT2D eigenvalue weighted by molar-refractivity contribution is 7.80. The number of carboxylic acids is 1. The van der Waals surface area contributed by atoms with Gasteiger partial charge in [0.1, 0.15) is 18.1 Å². The zero-order valence-corrected chi connectivity index (χ0v) is 16.1. The van der Waals surface area contributed by atoms with Crippen molar-refractivity contribution >= 4 is 36.3 Å². The molecule has 0 aromatic carbocycles. The molecule has 0 aliphatic rings. The van der Waals surface area contributed by atoms with Crippen LogP contribution in [0.3, 0.4) is 0 Å². The van der Waals surface area contributed by atoms with Crippen LogP contribution in [0.2, 0.25) is 0 Å². The number of hydrogen-bond acceptors (Lipinski definition) is 8. The Balaban J connectivity index is 4.93. The molecule has 0 fully saturated rings. The Morgan fingerprint density at radius 3 is 1.67 bits per heavy atom. The molecule has 0 aromatic rings. The molecule has 0 radical (unpaired) electrons. The van der Waals surface area contributed by atoms with E-state index in [4.69, 9.17) is 10.8 Å². The SMILES string of the molecule is CCC(C)C(N)C(=O)NC(CO)C(=O)NC(CO)C(=O)NC(CS)C(=O)O. The average molecular weight is 408 g/mol. The Morgan fingerprint density at radius 2 is 1.33 bits per heavy atom. The number of carboxylic acid groups (broad SMARTS) is 1. The lowest BCUT2D eigenvalue weighted by atomic mass is 9.99. The van der Waals surface area contributed by atoms with Crippen LogP contribution in [0.25, 0.3) is 0 Å². The van der Waals surface area contributed by atoms with Gasteiger partial charge in [0.15, 0.2) is 0 Å². The van der Waals surface area contributed by atoms with Crippen molar-refractivity contribution in [2.45, 2.75) is 44.4 Å². The maximum atomic E-state index is 12.2. The first kappa shape index (κ1) is 25.1. The van der Waals surface area contributed by atoms with Crippen LogP contribution < -0.4 is 21.7 Å². The van der Waals surface area contributed by atoms with Crippen LogP contribution in [-0.4, -0.2) is 82.1 Å². The summed E-state index contributed by atoms with van der Waals surface area (Å²) in [5.41, 5.74) is 5.76. The lowest BCUT2D eigenvalue weighted by molar-refractivity contribution is -0.142. The quantitative estimate of drug-likeness (QED) is 0.155. The van der Waals surface area contributed by atoms with Gasteiger partial charge in [0, 0.05) is 5.75 Å². The predicted molar refractivity (Wildman–Crippen MR) is 98.9 cm³/mol. The van der Waals surface area contributed by atoms with E-state index in [2.05, 4.69) is 28.6 Å². The van der Waals surface area contributed by atoms with Gasteiger partial charge in [0.25, 0.3) is 0 Å². The van der Waals surface area contributed by atoms with E-state index in [0.29, 0.717) is 6.42 Å². The number of amides is 3. The molecule has 0 aromatic heterocycles. The number of hydrogen-bond donors (Lipinski definition) is 8. The van der Waals surface area contributed by atoms with Crippen LogP contribution in [0.4, 0.5) is 0 Å². The first-order valence-corrected chi connectivity index (χ1v) is 8.98.